The molecule has 1 aliphatic heterocycles. The molecular weight excluding hydrogens is 997 g/mol. The number of hydrogen-bond donors (Lipinski definition) is 3. The molecule has 0 radical (unpaired) electrons. The molecule has 0 spiro atoms. The minimum atomic E-state index is -1.92. The Morgan fingerprint density at radius 2 is 0.797 bits per heavy atom. The highest BCUT2D eigenvalue weighted by molar-refractivity contribution is 5.74. The van der Waals surface area contributed by atoms with Crippen molar-refractivity contribution in [1.29, 1.82) is 0 Å². The third-order valence-electron chi connectivity index (χ3n) is 13.9. The molecule has 0 aromatic carbocycles. The van der Waals surface area contributed by atoms with Crippen molar-refractivity contribution in [2.24, 2.45) is 0 Å². The van der Waals surface area contributed by atoms with Crippen LogP contribution in [0.25, 0.3) is 0 Å². The third-order valence-corrected chi connectivity index (χ3v) is 13.9. The number of carbonyl (C=O) groups excluding carboxylic acids is 3. The lowest BCUT2D eigenvalue weighted by atomic mass is 9.98. The molecule has 79 heavy (non-hydrogen) atoms. The number of rotatable bonds is 53. The largest absolute Gasteiger partial charge is 0.479 e. The Balaban J connectivity index is 2.69. The predicted molar refractivity (Wildman–Crippen MR) is 321 cm³/mol. The van der Waals surface area contributed by atoms with E-state index < -0.39 is 67.3 Å². The second kappa shape index (κ2) is 54.5. The van der Waals surface area contributed by atoms with Crippen LogP contribution >= 0.6 is 0 Å². The van der Waals surface area contributed by atoms with E-state index in [9.17, 15) is 34.5 Å². The molecule has 0 aromatic heterocycles. The van der Waals surface area contributed by atoms with Crippen LogP contribution in [0, 0.1) is 0 Å². The van der Waals surface area contributed by atoms with Crippen LogP contribution in [0.3, 0.4) is 0 Å². The van der Waals surface area contributed by atoms with Crippen molar-refractivity contribution in [3.63, 3.8) is 0 Å². The van der Waals surface area contributed by atoms with Gasteiger partial charge < -0.3 is 39.0 Å². The first-order valence-electron chi connectivity index (χ1n) is 31.6. The topological polar surface area (TPSA) is 175 Å². The Bertz CT molecular complexity index is 1700. The van der Waals surface area contributed by atoms with Crippen LogP contribution in [0.5, 0.6) is 0 Å². The zero-order chi connectivity index (χ0) is 57.5. The van der Waals surface area contributed by atoms with Gasteiger partial charge in [0.05, 0.1) is 6.61 Å². The number of carboxylic acid groups (broad SMARTS) is 1. The first kappa shape index (κ1) is 72.9. The lowest BCUT2D eigenvalue weighted by molar-refractivity contribution is -0.301. The van der Waals surface area contributed by atoms with Crippen molar-refractivity contribution in [2.45, 2.75) is 302 Å². The van der Waals surface area contributed by atoms with Gasteiger partial charge in [-0.3, -0.25) is 14.4 Å². The number of hydrogen-bond acceptors (Lipinski definition) is 11. The van der Waals surface area contributed by atoms with Crippen molar-refractivity contribution in [3.05, 3.63) is 85.1 Å². The summed E-state index contributed by atoms with van der Waals surface area (Å²) in [7, 11) is 0. The van der Waals surface area contributed by atoms with Crippen molar-refractivity contribution in [1.82, 2.24) is 0 Å². The van der Waals surface area contributed by atoms with Crippen LogP contribution in [0.2, 0.25) is 0 Å². The Labute approximate surface area is 480 Å². The van der Waals surface area contributed by atoms with E-state index in [0.29, 0.717) is 19.3 Å². The van der Waals surface area contributed by atoms with Gasteiger partial charge in [-0.2, -0.15) is 0 Å². The fourth-order valence-electron chi connectivity index (χ4n) is 9.09. The van der Waals surface area contributed by atoms with Crippen LogP contribution in [0.15, 0.2) is 85.1 Å². The molecule has 0 bridgehead atoms. The monoisotopic (exact) mass is 1110 g/mol. The number of carboxylic acids is 1. The highest BCUT2D eigenvalue weighted by Gasteiger charge is 2.50. The molecule has 1 heterocycles. The zero-order valence-corrected chi connectivity index (χ0v) is 49.8. The lowest BCUT2D eigenvalue weighted by Crippen LogP contribution is -2.61. The first-order valence-corrected chi connectivity index (χ1v) is 31.6. The van der Waals surface area contributed by atoms with Crippen molar-refractivity contribution in [3.8, 4) is 0 Å². The molecule has 1 aliphatic rings. The molecule has 1 rings (SSSR count). The summed E-state index contributed by atoms with van der Waals surface area (Å²) in [6.45, 7) is 5.82. The second-order valence-electron chi connectivity index (χ2n) is 21.3. The molecule has 452 valence electrons. The van der Waals surface area contributed by atoms with Crippen molar-refractivity contribution >= 4 is 23.9 Å². The summed E-state index contributed by atoms with van der Waals surface area (Å²) >= 11 is 0. The molecule has 12 heteroatoms. The smallest absolute Gasteiger partial charge is 0.335 e. The molecular formula is C67H112O12. The summed E-state index contributed by atoms with van der Waals surface area (Å²) in [5.41, 5.74) is 0. The van der Waals surface area contributed by atoms with Gasteiger partial charge in [-0.1, -0.05) is 215 Å². The van der Waals surface area contributed by atoms with E-state index in [1.165, 1.54) is 96.3 Å². The van der Waals surface area contributed by atoms with E-state index in [0.717, 1.165) is 109 Å². The van der Waals surface area contributed by atoms with Gasteiger partial charge in [0.2, 0.25) is 0 Å². The summed E-state index contributed by atoms with van der Waals surface area (Å²) in [4.78, 5) is 51.2. The molecule has 12 nitrogen and oxygen atoms in total. The number of allylic oxidation sites excluding steroid dienone is 14. The van der Waals surface area contributed by atoms with E-state index in [1.807, 2.05) is 0 Å². The van der Waals surface area contributed by atoms with E-state index in [4.69, 9.17) is 23.7 Å². The van der Waals surface area contributed by atoms with Crippen molar-refractivity contribution in [2.75, 3.05) is 13.2 Å². The van der Waals surface area contributed by atoms with Gasteiger partial charge in [-0.25, -0.2) is 4.79 Å². The fourth-order valence-corrected chi connectivity index (χ4v) is 9.09. The van der Waals surface area contributed by atoms with Gasteiger partial charge in [-0.05, 0) is 116 Å². The van der Waals surface area contributed by atoms with E-state index in [1.54, 1.807) is 0 Å². The highest BCUT2D eigenvalue weighted by atomic mass is 16.7. The fraction of sp³-hybridized carbons (Fsp3) is 0.731. The second-order valence-corrected chi connectivity index (χ2v) is 21.3. The number of esters is 3. The number of carbonyl (C=O) groups is 4. The molecule has 1 fully saturated rings. The summed E-state index contributed by atoms with van der Waals surface area (Å²) < 4.78 is 28.4. The quantitative estimate of drug-likeness (QED) is 0.0228. The molecule has 0 aliphatic carbocycles. The number of aliphatic carboxylic acids is 1. The number of aliphatic hydroxyl groups excluding tert-OH is 2. The number of ether oxygens (including phenoxy) is 5. The van der Waals surface area contributed by atoms with Gasteiger partial charge >= 0.3 is 23.9 Å². The van der Waals surface area contributed by atoms with Gasteiger partial charge in [0.25, 0.3) is 0 Å². The van der Waals surface area contributed by atoms with Gasteiger partial charge in [0.15, 0.2) is 24.6 Å². The minimum absolute atomic E-state index is 0.0429. The summed E-state index contributed by atoms with van der Waals surface area (Å²) in [6, 6.07) is 0. The first-order chi connectivity index (χ1) is 38.6. The normalized spacial score (nSPS) is 18.4. The minimum Gasteiger partial charge on any atom is -0.479 e. The van der Waals surface area contributed by atoms with Crippen LogP contribution < -0.4 is 0 Å². The Morgan fingerprint density at radius 1 is 0.430 bits per heavy atom. The predicted octanol–water partition coefficient (Wildman–Crippen LogP) is 16.7. The summed E-state index contributed by atoms with van der Waals surface area (Å²) in [5, 5.41) is 31.5. The van der Waals surface area contributed by atoms with Gasteiger partial charge in [-0.15, -0.1) is 0 Å². The molecule has 6 unspecified atom stereocenters. The Hall–Kier alpha value is -4.10. The third kappa shape index (κ3) is 44.3. The Morgan fingerprint density at radius 3 is 1.28 bits per heavy atom. The molecule has 0 amide bonds. The average molecular weight is 1110 g/mol. The maximum atomic E-state index is 13.2. The summed E-state index contributed by atoms with van der Waals surface area (Å²) in [6.07, 6.45) is 58.3. The molecule has 3 N–H and O–H groups in total. The van der Waals surface area contributed by atoms with Gasteiger partial charge in [0, 0.05) is 19.3 Å². The zero-order valence-electron chi connectivity index (χ0n) is 49.8. The highest BCUT2D eigenvalue weighted by Crippen LogP contribution is 2.26. The number of unbranched alkanes of at least 4 members (excludes halogenated alkanes) is 25. The average Bonchev–Trinajstić information content (AvgIpc) is 3.46. The SMILES string of the molecule is CC/C=C\C/C=C\C/C=C\C/C=C\CCCCC(=O)OC(COC(=O)CCCCCCCCCCC/C=C\C/C=C\CCCCC)COC1OC(C(=O)O)C(O)C(O)C1OC(=O)CCCCCCC/C=C\CCCCCCCC. The van der Waals surface area contributed by atoms with E-state index in [2.05, 4.69) is 106 Å². The van der Waals surface area contributed by atoms with E-state index in [-0.39, 0.29) is 25.9 Å². The van der Waals surface area contributed by atoms with Gasteiger partial charge in [0.1, 0.15) is 18.8 Å². The van der Waals surface area contributed by atoms with Crippen LogP contribution in [-0.4, -0.2) is 89.2 Å². The molecule has 0 saturated carbocycles. The molecule has 6 atom stereocenters. The van der Waals surface area contributed by atoms with Crippen LogP contribution in [0.4, 0.5) is 0 Å². The molecule has 0 aromatic rings. The maximum Gasteiger partial charge on any atom is 0.335 e. The number of aliphatic hydroxyl groups is 2. The van der Waals surface area contributed by atoms with Crippen molar-refractivity contribution < 1.29 is 58.2 Å². The lowest BCUT2D eigenvalue weighted by Gasteiger charge is -2.40. The summed E-state index contributed by atoms with van der Waals surface area (Å²) in [5.74, 6) is -3.19. The maximum absolute atomic E-state index is 13.2. The Kier molecular flexibility index (Phi) is 50.3. The van der Waals surface area contributed by atoms with Crippen LogP contribution in [0.1, 0.15) is 265 Å². The van der Waals surface area contributed by atoms with Crippen LogP contribution in [-0.2, 0) is 42.9 Å². The van der Waals surface area contributed by atoms with E-state index >= 15 is 0 Å². The molecule has 1 saturated heterocycles. The standard InChI is InChI=1S/C67H112O12/c1-4-7-10-13-16-19-22-25-28-29-30-31-34-35-38-41-44-47-50-53-59(68)75-56-58(77-60(69)54-51-48-45-42-39-36-32-26-23-20-17-14-11-8-5-2)57-76-67-65(63(72)62(71)64(79-67)66(73)74)78-61(70)55-52-49-46-43-40-37-33-27-24-21-18-15-12-9-6-3/h8,11,16-17,19-20,25-28,32-33,39,42,58,62-65,67,71-72H,4-7,9-10,12-15,18,21-24,29-31,34-38,40-41,43-57H2,1-3H3,(H,73,74)/b11-8-,19-16-,20-17-,28-25-,32-26-,33-27-,42-39-.